The summed E-state index contributed by atoms with van der Waals surface area (Å²) in [6.07, 6.45) is 7.96. The lowest BCUT2D eigenvalue weighted by atomic mass is 9.89. The lowest BCUT2D eigenvalue weighted by Crippen LogP contribution is -2.73. The molecule has 0 amide bonds. The van der Waals surface area contributed by atoms with Crippen LogP contribution in [0, 0.1) is 0 Å². The van der Waals surface area contributed by atoms with Gasteiger partial charge in [0.15, 0.2) is 5.72 Å². The second kappa shape index (κ2) is 9.28. The third-order valence-electron chi connectivity index (χ3n) is 5.03. The van der Waals surface area contributed by atoms with E-state index in [-0.39, 0.29) is 6.61 Å². The van der Waals surface area contributed by atoms with Crippen LogP contribution in [0.5, 0.6) is 0 Å². The van der Waals surface area contributed by atoms with Gasteiger partial charge in [0.2, 0.25) is 0 Å². The summed E-state index contributed by atoms with van der Waals surface area (Å²) < 4.78 is 6.00. The molecule has 2 aromatic rings. The zero-order valence-corrected chi connectivity index (χ0v) is 16.1. The maximum absolute atomic E-state index is 9.11. The molecule has 0 saturated heterocycles. The Morgan fingerprint density at radius 2 is 1.36 bits per heavy atom. The van der Waals surface area contributed by atoms with Crippen LogP contribution in [0.15, 0.2) is 85.0 Å². The first-order valence-electron chi connectivity index (χ1n) is 9.60. The summed E-state index contributed by atoms with van der Waals surface area (Å²) in [7, 11) is 0. The van der Waals surface area contributed by atoms with Gasteiger partial charge in [-0.15, -0.1) is 0 Å². The smallest absolute Gasteiger partial charge is 0.171 e. The number of aliphatic hydroxyl groups is 1. The number of rotatable bonds is 9. The van der Waals surface area contributed by atoms with E-state index in [1.807, 2.05) is 54.6 Å². The highest BCUT2D eigenvalue weighted by atomic mass is 16.5. The summed E-state index contributed by atoms with van der Waals surface area (Å²) in [5, 5.41) is 9.11. The van der Waals surface area contributed by atoms with Crippen molar-refractivity contribution in [2.75, 3.05) is 13.2 Å². The van der Waals surface area contributed by atoms with E-state index in [2.05, 4.69) is 29.2 Å². The predicted octanol–water partition coefficient (Wildman–Crippen LogP) is 2.52. The highest BCUT2D eigenvalue weighted by Crippen LogP contribution is 2.32. The molecule has 148 valence electrons. The molecule has 5 N–H and O–H groups in total. The zero-order valence-electron chi connectivity index (χ0n) is 16.1. The van der Waals surface area contributed by atoms with Gasteiger partial charge in [0.1, 0.15) is 5.66 Å². The molecule has 28 heavy (non-hydrogen) atoms. The molecule has 5 heteroatoms. The van der Waals surface area contributed by atoms with Crippen molar-refractivity contribution < 1.29 is 9.84 Å². The number of nitrogens with two attached hydrogens (primary N) is 2. The Balaban J connectivity index is 1.93. The molecule has 0 saturated carbocycles. The minimum Gasteiger partial charge on any atom is -0.396 e. The van der Waals surface area contributed by atoms with E-state index >= 15 is 0 Å². The second-order valence-corrected chi connectivity index (χ2v) is 7.09. The molecule has 3 rings (SSSR count). The highest BCUT2D eigenvalue weighted by Gasteiger charge is 2.49. The van der Waals surface area contributed by atoms with Crippen LogP contribution < -0.4 is 11.5 Å². The third-order valence-corrected chi connectivity index (χ3v) is 5.03. The molecule has 0 unspecified atom stereocenters. The van der Waals surface area contributed by atoms with Gasteiger partial charge in [0, 0.05) is 19.7 Å². The molecule has 2 aromatic carbocycles. The molecular weight excluding hydrogens is 350 g/mol. The molecule has 0 aromatic heterocycles. The van der Waals surface area contributed by atoms with Crippen molar-refractivity contribution in [1.82, 2.24) is 4.90 Å². The maximum atomic E-state index is 9.11. The van der Waals surface area contributed by atoms with Crippen LogP contribution in [0.2, 0.25) is 0 Å². The van der Waals surface area contributed by atoms with Crippen LogP contribution >= 0.6 is 0 Å². The van der Waals surface area contributed by atoms with Crippen LogP contribution in [-0.2, 0) is 17.8 Å². The van der Waals surface area contributed by atoms with Crippen molar-refractivity contribution >= 4 is 0 Å². The van der Waals surface area contributed by atoms with E-state index in [0.29, 0.717) is 26.1 Å². The van der Waals surface area contributed by atoms with Crippen molar-refractivity contribution in [2.45, 2.75) is 30.9 Å². The normalized spacial score (nSPS) is 24.0. The molecule has 0 radical (unpaired) electrons. The molecule has 0 aliphatic heterocycles. The molecule has 0 heterocycles. The van der Waals surface area contributed by atoms with Crippen LogP contribution in [0.4, 0.5) is 0 Å². The number of hydrogen-bond acceptors (Lipinski definition) is 5. The average Bonchev–Trinajstić information content (AvgIpc) is 2.72. The Morgan fingerprint density at radius 3 is 1.89 bits per heavy atom. The van der Waals surface area contributed by atoms with Crippen LogP contribution in [0.25, 0.3) is 0 Å². The molecule has 0 fully saturated rings. The monoisotopic (exact) mass is 379 g/mol. The number of nitrogens with zero attached hydrogens (tertiary/aromatic N) is 1. The van der Waals surface area contributed by atoms with Gasteiger partial charge in [-0.1, -0.05) is 72.8 Å². The van der Waals surface area contributed by atoms with Crippen LogP contribution in [0.3, 0.4) is 0 Å². The molecule has 2 atom stereocenters. The summed E-state index contributed by atoms with van der Waals surface area (Å²) in [5.74, 6) is 0. The molecular formula is C23H29N3O2. The van der Waals surface area contributed by atoms with Crippen molar-refractivity contribution in [2.24, 2.45) is 11.5 Å². The molecule has 5 nitrogen and oxygen atoms in total. The van der Waals surface area contributed by atoms with Gasteiger partial charge in [-0.2, -0.15) is 0 Å². The predicted molar refractivity (Wildman–Crippen MR) is 112 cm³/mol. The first-order valence-corrected chi connectivity index (χ1v) is 9.60. The molecule has 0 spiro atoms. The Labute approximate surface area is 166 Å². The quantitative estimate of drug-likeness (QED) is 0.461. The van der Waals surface area contributed by atoms with Gasteiger partial charge < -0.3 is 15.6 Å². The highest BCUT2D eigenvalue weighted by molar-refractivity contribution is 5.31. The van der Waals surface area contributed by atoms with Gasteiger partial charge >= 0.3 is 0 Å². The van der Waals surface area contributed by atoms with E-state index in [1.165, 1.54) is 0 Å². The third kappa shape index (κ3) is 4.58. The maximum Gasteiger partial charge on any atom is 0.171 e. The lowest BCUT2D eigenvalue weighted by Gasteiger charge is -2.50. The lowest BCUT2D eigenvalue weighted by molar-refractivity contribution is -0.108. The first-order chi connectivity index (χ1) is 13.6. The van der Waals surface area contributed by atoms with E-state index in [1.54, 1.807) is 6.08 Å². The van der Waals surface area contributed by atoms with Gasteiger partial charge in [-0.25, -0.2) is 0 Å². The van der Waals surface area contributed by atoms with Crippen molar-refractivity contribution in [3.63, 3.8) is 0 Å². The van der Waals surface area contributed by atoms with Crippen molar-refractivity contribution in [3.05, 3.63) is 96.1 Å². The van der Waals surface area contributed by atoms with E-state index < -0.39 is 11.4 Å². The fourth-order valence-electron chi connectivity index (χ4n) is 3.41. The number of ether oxygens (including phenoxy) is 1. The van der Waals surface area contributed by atoms with Gasteiger partial charge in [-0.05, 0) is 29.7 Å². The minimum absolute atomic E-state index is 0.0466. The molecule has 1 aliphatic carbocycles. The number of benzene rings is 2. The first kappa shape index (κ1) is 20.5. The van der Waals surface area contributed by atoms with E-state index in [4.69, 9.17) is 21.3 Å². The Hall–Kier alpha value is -2.28. The standard InChI is InChI=1S/C23H29N3O2/c24-22(14-7-8-15-23(22,25)28-17-9-16-27)26(18-20-10-3-1-4-11-20)19-21-12-5-2-6-13-21/h1-8,10-15,27H,9,16-19,24-25H2/t22-,23-/m0/s1. The summed E-state index contributed by atoms with van der Waals surface area (Å²) in [4.78, 5) is 2.14. The Kier molecular flexibility index (Phi) is 6.78. The number of hydrogen-bond donors (Lipinski definition) is 3. The van der Waals surface area contributed by atoms with Gasteiger partial charge in [0.25, 0.3) is 0 Å². The van der Waals surface area contributed by atoms with Crippen molar-refractivity contribution in [3.8, 4) is 0 Å². The fourth-order valence-corrected chi connectivity index (χ4v) is 3.41. The zero-order chi connectivity index (χ0) is 19.9. The van der Waals surface area contributed by atoms with Gasteiger partial charge in [0.05, 0.1) is 6.61 Å². The molecule has 1 aliphatic rings. The van der Waals surface area contributed by atoms with Crippen LogP contribution in [-0.4, -0.2) is 34.6 Å². The summed E-state index contributed by atoms with van der Waals surface area (Å²) in [6.45, 7) is 1.61. The fraction of sp³-hybridized carbons (Fsp3) is 0.304. The minimum atomic E-state index is -1.21. The Morgan fingerprint density at radius 1 is 0.821 bits per heavy atom. The van der Waals surface area contributed by atoms with Crippen molar-refractivity contribution in [1.29, 1.82) is 0 Å². The van der Waals surface area contributed by atoms with Gasteiger partial charge in [-0.3, -0.25) is 10.6 Å². The topological polar surface area (TPSA) is 84.7 Å². The Bertz CT molecular complexity index is 753. The molecule has 0 bridgehead atoms. The summed E-state index contributed by atoms with van der Waals surface area (Å²) >= 11 is 0. The van der Waals surface area contributed by atoms with E-state index in [9.17, 15) is 0 Å². The SMILES string of the molecule is N[C@]1(OCCCO)C=CC=C[C@]1(N)N(Cc1ccccc1)Cc1ccccc1. The average molecular weight is 380 g/mol. The largest absolute Gasteiger partial charge is 0.396 e. The summed E-state index contributed by atoms with van der Waals surface area (Å²) in [5.41, 5.74) is 13.6. The van der Waals surface area contributed by atoms with Crippen LogP contribution in [0.1, 0.15) is 17.5 Å². The number of allylic oxidation sites excluding steroid dienone is 2. The number of aliphatic hydroxyl groups excluding tert-OH is 1. The second-order valence-electron chi connectivity index (χ2n) is 7.09. The van der Waals surface area contributed by atoms with E-state index in [0.717, 1.165) is 11.1 Å². The summed E-state index contributed by atoms with van der Waals surface area (Å²) in [6, 6.07) is 20.4.